The molecule has 102 valence electrons. The van der Waals surface area contributed by atoms with Crippen LogP contribution in [0.4, 0.5) is 0 Å². The fraction of sp³-hybridized carbons (Fsp3) is 0.417. The SMILES string of the molecule is CCn1cc(Br)c(CNC(=O)Cn2ccc(C)n2)n1. The highest BCUT2D eigenvalue weighted by molar-refractivity contribution is 9.10. The molecule has 2 heterocycles. The van der Waals surface area contributed by atoms with Crippen molar-refractivity contribution < 1.29 is 4.79 Å². The predicted molar refractivity (Wildman–Crippen MR) is 74.4 cm³/mol. The van der Waals surface area contributed by atoms with E-state index in [-0.39, 0.29) is 12.5 Å². The molecule has 6 nitrogen and oxygen atoms in total. The van der Waals surface area contributed by atoms with Crippen molar-refractivity contribution in [1.82, 2.24) is 24.9 Å². The zero-order valence-corrected chi connectivity index (χ0v) is 12.5. The third kappa shape index (κ3) is 3.66. The van der Waals surface area contributed by atoms with E-state index in [9.17, 15) is 4.79 Å². The molecule has 0 aliphatic rings. The van der Waals surface area contributed by atoms with Gasteiger partial charge in [-0.05, 0) is 35.8 Å². The summed E-state index contributed by atoms with van der Waals surface area (Å²) >= 11 is 3.43. The number of halogens is 1. The molecule has 2 aromatic rings. The van der Waals surface area contributed by atoms with Crippen LogP contribution in [0.5, 0.6) is 0 Å². The van der Waals surface area contributed by atoms with Gasteiger partial charge in [-0.1, -0.05) is 0 Å². The summed E-state index contributed by atoms with van der Waals surface area (Å²) in [6.07, 6.45) is 3.69. The van der Waals surface area contributed by atoms with Crippen LogP contribution < -0.4 is 5.32 Å². The van der Waals surface area contributed by atoms with Crippen molar-refractivity contribution in [3.63, 3.8) is 0 Å². The van der Waals surface area contributed by atoms with Crippen LogP contribution in [0.1, 0.15) is 18.3 Å². The molecule has 2 rings (SSSR count). The van der Waals surface area contributed by atoms with Gasteiger partial charge in [0.25, 0.3) is 0 Å². The first-order valence-electron chi connectivity index (χ1n) is 6.07. The van der Waals surface area contributed by atoms with Crippen LogP contribution in [0.3, 0.4) is 0 Å². The number of aromatic nitrogens is 4. The van der Waals surface area contributed by atoms with Gasteiger partial charge in [-0.25, -0.2) is 0 Å². The average molecular weight is 326 g/mol. The molecule has 2 aromatic heterocycles. The fourth-order valence-electron chi connectivity index (χ4n) is 1.66. The van der Waals surface area contributed by atoms with E-state index in [0.717, 1.165) is 22.4 Å². The Morgan fingerprint density at radius 1 is 1.42 bits per heavy atom. The van der Waals surface area contributed by atoms with Crippen molar-refractivity contribution in [2.75, 3.05) is 0 Å². The van der Waals surface area contributed by atoms with Gasteiger partial charge >= 0.3 is 0 Å². The van der Waals surface area contributed by atoms with E-state index in [4.69, 9.17) is 0 Å². The Morgan fingerprint density at radius 2 is 2.21 bits per heavy atom. The number of hydrogen-bond acceptors (Lipinski definition) is 3. The lowest BCUT2D eigenvalue weighted by atomic mass is 10.4. The van der Waals surface area contributed by atoms with Gasteiger partial charge in [-0.15, -0.1) is 0 Å². The normalized spacial score (nSPS) is 10.7. The Kier molecular flexibility index (Phi) is 4.36. The smallest absolute Gasteiger partial charge is 0.242 e. The van der Waals surface area contributed by atoms with Gasteiger partial charge in [0.15, 0.2) is 0 Å². The average Bonchev–Trinajstić information content (AvgIpc) is 2.93. The highest BCUT2D eigenvalue weighted by Crippen LogP contribution is 2.14. The monoisotopic (exact) mass is 325 g/mol. The molecule has 0 radical (unpaired) electrons. The van der Waals surface area contributed by atoms with Gasteiger partial charge in [0.2, 0.25) is 5.91 Å². The lowest BCUT2D eigenvalue weighted by Crippen LogP contribution is -2.27. The highest BCUT2D eigenvalue weighted by atomic mass is 79.9. The number of carbonyl (C=O) groups is 1. The number of hydrogen-bond donors (Lipinski definition) is 1. The minimum absolute atomic E-state index is 0.0824. The molecule has 0 fully saturated rings. The van der Waals surface area contributed by atoms with Gasteiger partial charge < -0.3 is 5.32 Å². The topological polar surface area (TPSA) is 64.7 Å². The number of nitrogens with zero attached hydrogens (tertiary/aromatic N) is 4. The minimum Gasteiger partial charge on any atom is -0.349 e. The van der Waals surface area contributed by atoms with Crippen LogP contribution in [0, 0.1) is 6.92 Å². The molecule has 1 amide bonds. The van der Waals surface area contributed by atoms with E-state index in [1.54, 1.807) is 10.9 Å². The molecule has 7 heteroatoms. The second kappa shape index (κ2) is 6.01. The number of aryl methyl sites for hydroxylation is 2. The number of carbonyl (C=O) groups excluding carboxylic acids is 1. The number of rotatable bonds is 5. The van der Waals surface area contributed by atoms with E-state index in [0.29, 0.717) is 6.54 Å². The second-order valence-corrected chi connectivity index (χ2v) is 5.07. The summed E-state index contributed by atoms with van der Waals surface area (Å²) in [5.74, 6) is -0.0824. The standard InChI is InChI=1S/C12H16BrN5O/c1-3-17-7-10(13)11(16-17)6-14-12(19)8-18-5-4-9(2)15-18/h4-5,7H,3,6,8H2,1-2H3,(H,14,19). The Hall–Kier alpha value is -1.63. The van der Waals surface area contributed by atoms with Crippen LogP contribution in [-0.4, -0.2) is 25.5 Å². The maximum Gasteiger partial charge on any atom is 0.242 e. The molecule has 0 unspecified atom stereocenters. The molecule has 0 aromatic carbocycles. The van der Waals surface area contributed by atoms with Crippen molar-refractivity contribution in [2.45, 2.75) is 33.5 Å². The summed E-state index contributed by atoms with van der Waals surface area (Å²) in [5.41, 5.74) is 1.73. The van der Waals surface area contributed by atoms with E-state index >= 15 is 0 Å². The molecule has 1 N–H and O–H groups in total. The largest absolute Gasteiger partial charge is 0.349 e. The summed E-state index contributed by atoms with van der Waals surface area (Å²) in [6.45, 7) is 5.34. The molecule has 0 aliphatic carbocycles. The first kappa shape index (κ1) is 13.8. The van der Waals surface area contributed by atoms with E-state index < -0.39 is 0 Å². The third-order valence-corrected chi connectivity index (χ3v) is 3.31. The fourth-order valence-corrected chi connectivity index (χ4v) is 2.11. The quantitative estimate of drug-likeness (QED) is 0.905. The van der Waals surface area contributed by atoms with Crippen LogP contribution in [-0.2, 0) is 24.4 Å². The highest BCUT2D eigenvalue weighted by Gasteiger charge is 2.08. The van der Waals surface area contributed by atoms with Gasteiger partial charge in [0, 0.05) is 18.9 Å². The van der Waals surface area contributed by atoms with Crippen molar-refractivity contribution in [3.8, 4) is 0 Å². The van der Waals surface area contributed by atoms with Crippen LogP contribution in [0.15, 0.2) is 22.9 Å². The van der Waals surface area contributed by atoms with Crippen molar-refractivity contribution in [3.05, 3.63) is 34.3 Å². The minimum atomic E-state index is -0.0824. The second-order valence-electron chi connectivity index (χ2n) is 4.21. The summed E-state index contributed by atoms with van der Waals surface area (Å²) in [5, 5.41) is 11.3. The van der Waals surface area contributed by atoms with E-state index in [1.807, 2.05) is 30.8 Å². The van der Waals surface area contributed by atoms with Gasteiger partial charge in [0.1, 0.15) is 6.54 Å². The Morgan fingerprint density at radius 3 is 2.79 bits per heavy atom. The summed E-state index contributed by atoms with van der Waals surface area (Å²) in [6, 6.07) is 1.87. The first-order valence-corrected chi connectivity index (χ1v) is 6.86. The van der Waals surface area contributed by atoms with Crippen molar-refractivity contribution in [2.24, 2.45) is 0 Å². The predicted octanol–water partition coefficient (Wildman–Crippen LogP) is 1.49. The lowest BCUT2D eigenvalue weighted by molar-refractivity contribution is -0.122. The lowest BCUT2D eigenvalue weighted by Gasteiger charge is -2.04. The molecule has 0 spiro atoms. The van der Waals surface area contributed by atoms with E-state index in [2.05, 4.69) is 31.4 Å². The maximum atomic E-state index is 11.8. The van der Waals surface area contributed by atoms with Gasteiger partial charge in [0.05, 0.1) is 22.4 Å². The van der Waals surface area contributed by atoms with Crippen LogP contribution in [0.2, 0.25) is 0 Å². The zero-order chi connectivity index (χ0) is 13.8. The Labute approximate surface area is 119 Å². The molecule has 0 saturated carbocycles. The van der Waals surface area contributed by atoms with Gasteiger partial charge in [-0.3, -0.25) is 14.2 Å². The third-order valence-electron chi connectivity index (χ3n) is 2.64. The molecule has 19 heavy (non-hydrogen) atoms. The number of amides is 1. The van der Waals surface area contributed by atoms with Crippen molar-refractivity contribution in [1.29, 1.82) is 0 Å². The maximum absolute atomic E-state index is 11.8. The number of nitrogens with one attached hydrogen (secondary N) is 1. The Balaban J connectivity index is 1.87. The molecular formula is C12H16BrN5O. The van der Waals surface area contributed by atoms with Crippen molar-refractivity contribution >= 4 is 21.8 Å². The molecule has 0 saturated heterocycles. The Bertz CT molecular complexity index is 574. The molecule has 0 aliphatic heterocycles. The van der Waals surface area contributed by atoms with Gasteiger partial charge in [-0.2, -0.15) is 10.2 Å². The molecule has 0 atom stereocenters. The summed E-state index contributed by atoms with van der Waals surface area (Å²) in [7, 11) is 0. The molecular weight excluding hydrogens is 310 g/mol. The zero-order valence-electron chi connectivity index (χ0n) is 10.9. The first-order chi connectivity index (χ1) is 9.08. The van der Waals surface area contributed by atoms with Crippen LogP contribution >= 0.6 is 15.9 Å². The van der Waals surface area contributed by atoms with Crippen LogP contribution in [0.25, 0.3) is 0 Å². The summed E-state index contributed by atoms with van der Waals surface area (Å²) < 4.78 is 4.34. The van der Waals surface area contributed by atoms with E-state index in [1.165, 1.54) is 0 Å². The summed E-state index contributed by atoms with van der Waals surface area (Å²) in [4.78, 5) is 11.8. The molecule has 0 bridgehead atoms.